The summed E-state index contributed by atoms with van der Waals surface area (Å²) >= 11 is 3.33. The number of phenolic OH excluding ortho intramolecular Hbond substituents is 1. The minimum Gasteiger partial charge on any atom is -1.00 e. The van der Waals surface area contributed by atoms with Crippen LogP contribution < -0.4 is 34.3 Å². The summed E-state index contributed by atoms with van der Waals surface area (Å²) < 4.78 is 8.80. The van der Waals surface area contributed by atoms with Gasteiger partial charge in [0.2, 0.25) is 0 Å². The first-order chi connectivity index (χ1) is 21.2. The number of benzene rings is 2. The van der Waals surface area contributed by atoms with Crippen LogP contribution in [0.4, 0.5) is 0 Å². The maximum atomic E-state index is 9.35. The van der Waals surface area contributed by atoms with E-state index < -0.39 is 0 Å². The first kappa shape index (κ1) is 29.7. The van der Waals surface area contributed by atoms with Gasteiger partial charge in [-0.15, -0.1) is 0 Å². The van der Waals surface area contributed by atoms with Crippen LogP contribution in [0.15, 0.2) is 119 Å². The minimum atomic E-state index is 0. The summed E-state index contributed by atoms with van der Waals surface area (Å²) in [7, 11) is 1.67. The summed E-state index contributed by atoms with van der Waals surface area (Å²) in [5.74, 6) is 1.10. The van der Waals surface area contributed by atoms with Crippen molar-refractivity contribution in [2.45, 2.75) is 0 Å². The molecule has 212 valence electrons. The van der Waals surface area contributed by atoms with Gasteiger partial charge in [-0.1, -0.05) is 24.3 Å². The molecule has 11 heteroatoms. The number of methoxy groups -OCH3 is 1. The van der Waals surface area contributed by atoms with Crippen molar-refractivity contribution in [3.8, 4) is 56.0 Å². The van der Waals surface area contributed by atoms with Gasteiger partial charge in [0.1, 0.15) is 11.5 Å². The third-order valence-electron chi connectivity index (χ3n) is 7.00. The maximum Gasteiger partial charge on any atom is 1.00 e. The number of hydrogen-bond acceptors (Lipinski definition) is 8. The van der Waals surface area contributed by atoms with Crippen molar-refractivity contribution in [2.24, 2.45) is 0 Å². The molecule has 0 aliphatic heterocycles. The van der Waals surface area contributed by atoms with E-state index in [0.717, 1.165) is 61.6 Å². The third-order valence-corrected chi connectivity index (χ3v) is 8.37. The molecular weight excluding hydrogens is 600 g/mol. The van der Waals surface area contributed by atoms with Crippen LogP contribution in [0.25, 0.3) is 55.8 Å². The molecule has 6 aromatic heterocycles. The van der Waals surface area contributed by atoms with Gasteiger partial charge < -0.3 is 11.3 Å². The van der Waals surface area contributed by atoms with Gasteiger partial charge in [0.25, 0.3) is 0 Å². The molecule has 8 aromatic rings. The molecule has 8 rings (SSSR count). The Labute approximate surface area is 284 Å². The second kappa shape index (κ2) is 13.1. The summed E-state index contributed by atoms with van der Waals surface area (Å²) in [6.45, 7) is 0. The van der Waals surface area contributed by atoms with E-state index in [0.29, 0.717) is 0 Å². The number of thiophene rings is 2. The molecule has 0 spiro atoms. The Morgan fingerprint density at radius 3 is 1.52 bits per heavy atom. The van der Waals surface area contributed by atoms with Crippen molar-refractivity contribution in [1.82, 2.24) is 29.2 Å². The number of rotatable bonds is 5. The molecule has 8 nitrogen and oxygen atoms in total. The first-order valence-electron chi connectivity index (χ1n) is 13.3. The Kier molecular flexibility index (Phi) is 8.87. The second-order valence-corrected chi connectivity index (χ2v) is 11.2. The van der Waals surface area contributed by atoms with Crippen LogP contribution in [0, 0.1) is 0 Å². The van der Waals surface area contributed by atoms with Crippen LogP contribution in [0.5, 0.6) is 11.5 Å². The molecule has 44 heavy (non-hydrogen) atoms. The second-order valence-electron chi connectivity index (χ2n) is 9.64. The monoisotopic (exact) mass is 624 g/mol. The number of phenols is 1. The Bertz CT molecular complexity index is 2130. The van der Waals surface area contributed by atoms with Crippen LogP contribution in [0.2, 0.25) is 0 Å². The standard InChI is InChI=1S/C17H13N3OS.C16H11N3OS.Na.H/c1-21-15-4-2-12(3-5-15)14-8-18-17-16(9-19-20(17)10-14)13-6-7-22-11-13;20-14-3-1-11(2-4-14)13-7-17-16-15(8-18-19(16)9-13)12-5-6-21-10-12;;/h2-11H,1H3;1-10,20H;;/q;;+1;-1. The van der Waals surface area contributed by atoms with Crippen molar-refractivity contribution >= 4 is 34.0 Å². The minimum absolute atomic E-state index is 0. The Morgan fingerprint density at radius 2 is 1.09 bits per heavy atom. The quantitative estimate of drug-likeness (QED) is 0.269. The van der Waals surface area contributed by atoms with E-state index >= 15 is 0 Å². The fourth-order valence-corrected chi connectivity index (χ4v) is 6.04. The molecule has 0 atom stereocenters. The molecule has 6 heterocycles. The predicted molar refractivity (Wildman–Crippen MR) is 173 cm³/mol. The summed E-state index contributed by atoms with van der Waals surface area (Å²) in [5.41, 5.74) is 10.2. The Morgan fingerprint density at radius 1 is 0.614 bits per heavy atom. The van der Waals surface area contributed by atoms with Crippen molar-refractivity contribution in [2.75, 3.05) is 7.11 Å². The molecule has 1 N–H and O–H groups in total. The first-order valence-corrected chi connectivity index (χ1v) is 15.2. The summed E-state index contributed by atoms with van der Waals surface area (Å²) in [5, 5.41) is 26.5. The predicted octanol–water partition coefficient (Wildman–Crippen LogP) is 5.08. The van der Waals surface area contributed by atoms with E-state index in [9.17, 15) is 5.11 Å². The topological polar surface area (TPSA) is 89.8 Å². The van der Waals surface area contributed by atoms with Crippen molar-refractivity contribution < 1.29 is 40.8 Å². The van der Waals surface area contributed by atoms with Crippen molar-refractivity contribution in [1.29, 1.82) is 0 Å². The molecule has 0 aliphatic rings. The zero-order chi connectivity index (χ0) is 29.2. The van der Waals surface area contributed by atoms with Gasteiger partial charge in [-0.2, -0.15) is 32.9 Å². The average Bonchev–Trinajstić information content (AvgIpc) is 3.88. The van der Waals surface area contributed by atoms with Crippen LogP contribution in [-0.4, -0.2) is 41.4 Å². The SMILES string of the molecule is COc1ccc(-c2cnc3c(-c4ccsc4)cnn3c2)cc1.Oc1ccc(-c2cnc3c(-c4ccsc4)cnn3c2)cc1.[H-].[Na+]. The van der Waals surface area contributed by atoms with Gasteiger partial charge in [0.05, 0.1) is 19.5 Å². The van der Waals surface area contributed by atoms with Crippen LogP contribution in [0.3, 0.4) is 0 Å². The van der Waals surface area contributed by atoms with Gasteiger partial charge in [-0.25, -0.2) is 19.0 Å². The average molecular weight is 625 g/mol. The fraction of sp³-hybridized carbons (Fsp3) is 0.0303. The molecule has 0 fully saturated rings. The Balaban J connectivity index is 0.000000170. The molecule has 0 saturated heterocycles. The molecule has 0 unspecified atom stereocenters. The van der Waals surface area contributed by atoms with Crippen LogP contribution >= 0.6 is 22.7 Å². The van der Waals surface area contributed by atoms with E-state index in [1.807, 2.05) is 83.5 Å². The number of nitrogens with zero attached hydrogens (tertiary/aromatic N) is 6. The fourth-order valence-electron chi connectivity index (χ4n) is 4.73. The number of hydrogen-bond donors (Lipinski definition) is 1. The molecule has 0 bridgehead atoms. The van der Waals surface area contributed by atoms with Crippen molar-refractivity contribution in [3.63, 3.8) is 0 Å². The normalized spacial score (nSPS) is 10.8. The maximum absolute atomic E-state index is 9.35. The third kappa shape index (κ3) is 6.03. The van der Waals surface area contributed by atoms with E-state index in [2.05, 4.69) is 48.4 Å². The molecule has 0 saturated carbocycles. The van der Waals surface area contributed by atoms with Gasteiger partial charge in [-0.3, -0.25) is 0 Å². The zero-order valence-electron chi connectivity index (χ0n) is 24.9. The number of ether oxygens (including phenoxy) is 1. The van der Waals surface area contributed by atoms with E-state index in [-0.39, 0.29) is 36.7 Å². The summed E-state index contributed by atoms with van der Waals surface area (Å²) in [4.78, 5) is 9.13. The molecule has 0 aliphatic carbocycles. The molecular formula is C33H25N6NaO2S2. The van der Waals surface area contributed by atoms with Crippen LogP contribution in [-0.2, 0) is 0 Å². The number of aromatic nitrogens is 6. The van der Waals surface area contributed by atoms with Gasteiger partial charge in [0, 0.05) is 47.0 Å². The van der Waals surface area contributed by atoms with E-state index in [1.54, 1.807) is 46.4 Å². The van der Waals surface area contributed by atoms with Gasteiger partial charge in [-0.05, 0) is 80.2 Å². The molecule has 0 radical (unpaired) electrons. The Hall–Kier alpha value is -4.32. The van der Waals surface area contributed by atoms with Gasteiger partial charge >= 0.3 is 29.6 Å². The number of fused-ring (bicyclic) bond motifs is 2. The molecule has 2 aromatic carbocycles. The molecule has 0 amide bonds. The largest absolute Gasteiger partial charge is 1.00 e. The van der Waals surface area contributed by atoms with Gasteiger partial charge in [0.15, 0.2) is 11.3 Å². The van der Waals surface area contributed by atoms with E-state index in [4.69, 9.17) is 4.74 Å². The van der Waals surface area contributed by atoms with Crippen molar-refractivity contribution in [3.05, 3.63) is 119 Å². The summed E-state index contributed by atoms with van der Waals surface area (Å²) in [6.07, 6.45) is 11.4. The number of aromatic hydroxyl groups is 1. The zero-order valence-corrected chi connectivity index (χ0v) is 27.5. The van der Waals surface area contributed by atoms with E-state index in [1.165, 1.54) is 0 Å². The smallest absolute Gasteiger partial charge is 1.00 e. The summed E-state index contributed by atoms with van der Waals surface area (Å²) in [6, 6.07) is 19.1. The van der Waals surface area contributed by atoms with Crippen LogP contribution in [0.1, 0.15) is 1.43 Å².